The number of anilines is 1. The number of H-pyrrole nitrogens is 1. The maximum absolute atomic E-state index is 11.4. The van der Waals surface area contributed by atoms with Gasteiger partial charge in [0.1, 0.15) is 0 Å². The highest BCUT2D eigenvalue weighted by molar-refractivity contribution is 7.92. The topological polar surface area (TPSA) is 134 Å². The van der Waals surface area contributed by atoms with Crippen LogP contribution in [0.2, 0.25) is 0 Å². The van der Waals surface area contributed by atoms with E-state index in [1.807, 2.05) is 0 Å². The van der Waals surface area contributed by atoms with Crippen LogP contribution in [0.15, 0.2) is 0 Å². The van der Waals surface area contributed by atoms with Crippen LogP contribution >= 0.6 is 0 Å². The van der Waals surface area contributed by atoms with Crippen molar-refractivity contribution in [2.45, 2.75) is 13.3 Å². The molecule has 10 heteroatoms. The number of aromatic nitrogens is 3. The molecule has 1 aromatic heterocycles. The Morgan fingerprint density at radius 2 is 2.29 bits per heavy atom. The van der Waals surface area contributed by atoms with Crippen molar-refractivity contribution in [1.82, 2.24) is 15.2 Å². The number of aliphatic carboxylic acids is 1. The zero-order valence-corrected chi connectivity index (χ0v) is 9.82. The molecule has 1 heterocycles. The van der Waals surface area contributed by atoms with Crippen molar-refractivity contribution in [1.29, 1.82) is 0 Å². The molecule has 0 aliphatic rings. The second-order valence-corrected chi connectivity index (χ2v) is 4.81. The number of rotatable bonds is 7. The van der Waals surface area contributed by atoms with E-state index in [2.05, 4.69) is 19.9 Å². The van der Waals surface area contributed by atoms with Crippen molar-refractivity contribution in [2.24, 2.45) is 0 Å². The normalized spacial score (nSPS) is 11.1. The summed E-state index contributed by atoms with van der Waals surface area (Å²) in [6.45, 7) is 2.08. The Kier molecular flexibility index (Phi) is 4.26. The monoisotopic (exact) mass is 264 g/mol. The van der Waals surface area contributed by atoms with Crippen molar-refractivity contribution < 1.29 is 23.1 Å². The third kappa shape index (κ3) is 4.68. The molecule has 0 saturated carbocycles. The number of carboxylic acid groups (broad SMARTS) is 1. The minimum Gasteiger partial charge on any atom is -0.481 e. The molecule has 0 spiro atoms. The molecular weight excluding hydrogens is 252 g/mol. The minimum absolute atomic E-state index is 0.0171. The fourth-order valence-corrected chi connectivity index (χ4v) is 1.84. The predicted octanol–water partition coefficient (Wildman–Crippen LogP) is -0.580. The van der Waals surface area contributed by atoms with Crippen LogP contribution < -0.4 is 9.46 Å². The molecule has 0 atom stereocenters. The Morgan fingerprint density at radius 1 is 1.59 bits per heavy atom. The average Bonchev–Trinajstić information content (AvgIpc) is 2.63. The molecule has 0 aliphatic heterocycles. The number of carbonyl (C=O) groups is 1. The number of aromatic amines is 1. The van der Waals surface area contributed by atoms with E-state index in [1.54, 1.807) is 6.92 Å². The summed E-state index contributed by atoms with van der Waals surface area (Å²) in [7, 11) is -3.75. The Morgan fingerprint density at radius 3 is 2.88 bits per heavy atom. The minimum atomic E-state index is -3.75. The highest BCUT2D eigenvalue weighted by Crippen LogP contribution is 2.07. The summed E-state index contributed by atoms with van der Waals surface area (Å²) >= 11 is 0. The molecule has 3 N–H and O–H groups in total. The number of hydrogen-bond acceptors (Lipinski definition) is 6. The Bertz CT molecular complexity index is 482. The summed E-state index contributed by atoms with van der Waals surface area (Å²) in [5.74, 6) is -1.84. The van der Waals surface area contributed by atoms with Crippen LogP contribution in [0.5, 0.6) is 6.01 Å². The number of nitrogens with zero attached hydrogens (tertiary/aromatic N) is 2. The summed E-state index contributed by atoms with van der Waals surface area (Å²) in [4.78, 5) is 13.9. The van der Waals surface area contributed by atoms with Gasteiger partial charge in [0.05, 0.1) is 18.8 Å². The molecule has 0 bridgehead atoms. The first kappa shape index (κ1) is 13.2. The highest BCUT2D eigenvalue weighted by atomic mass is 32.2. The van der Waals surface area contributed by atoms with E-state index in [1.165, 1.54) is 0 Å². The fraction of sp³-hybridized carbons (Fsp3) is 0.571. The van der Waals surface area contributed by atoms with Gasteiger partial charge in [0.15, 0.2) is 0 Å². The van der Waals surface area contributed by atoms with Crippen molar-refractivity contribution in [3.63, 3.8) is 0 Å². The highest BCUT2D eigenvalue weighted by Gasteiger charge is 2.15. The van der Waals surface area contributed by atoms with Gasteiger partial charge >= 0.3 is 12.0 Å². The summed E-state index contributed by atoms with van der Waals surface area (Å²) in [6, 6.07) is 0.0171. The van der Waals surface area contributed by atoms with E-state index in [0.717, 1.165) is 0 Å². The molecule has 0 aliphatic carbocycles. The quantitative estimate of drug-likeness (QED) is 0.599. The van der Waals surface area contributed by atoms with Crippen molar-refractivity contribution >= 4 is 21.9 Å². The first-order valence-electron chi connectivity index (χ1n) is 4.70. The predicted molar refractivity (Wildman–Crippen MR) is 57.2 cm³/mol. The van der Waals surface area contributed by atoms with E-state index >= 15 is 0 Å². The van der Waals surface area contributed by atoms with Gasteiger partial charge in [-0.25, -0.2) is 13.5 Å². The van der Waals surface area contributed by atoms with Crippen LogP contribution in [0.4, 0.5) is 5.95 Å². The first-order chi connectivity index (χ1) is 7.93. The third-order valence-corrected chi connectivity index (χ3v) is 2.82. The lowest BCUT2D eigenvalue weighted by atomic mass is 10.5. The number of hydrogen-bond donors (Lipinski definition) is 3. The molecule has 9 nitrogen and oxygen atoms in total. The summed E-state index contributed by atoms with van der Waals surface area (Å²) in [5.41, 5.74) is 0. The van der Waals surface area contributed by atoms with E-state index in [4.69, 9.17) is 9.84 Å². The van der Waals surface area contributed by atoms with Gasteiger partial charge in [-0.05, 0) is 6.92 Å². The van der Waals surface area contributed by atoms with Gasteiger partial charge in [0.25, 0.3) is 0 Å². The zero-order chi connectivity index (χ0) is 12.9. The second-order valence-electron chi connectivity index (χ2n) is 2.96. The molecule has 0 radical (unpaired) electrons. The maximum atomic E-state index is 11.4. The Labute approximate surface area is 97.3 Å². The van der Waals surface area contributed by atoms with Crippen LogP contribution in [0, 0.1) is 0 Å². The first-order valence-corrected chi connectivity index (χ1v) is 6.35. The lowest BCUT2D eigenvalue weighted by Crippen LogP contribution is -2.19. The van der Waals surface area contributed by atoms with Crippen molar-refractivity contribution in [2.75, 3.05) is 17.1 Å². The van der Waals surface area contributed by atoms with Crippen LogP contribution in [0.1, 0.15) is 13.3 Å². The van der Waals surface area contributed by atoms with Crippen molar-refractivity contribution in [3.8, 4) is 6.01 Å². The lowest BCUT2D eigenvalue weighted by Gasteiger charge is -2.02. The summed E-state index contributed by atoms with van der Waals surface area (Å²) < 4.78 is 29.7. The molecule has 0 amide bonds. The van der Waals surface area contributed by atoms with Crippen molar-refractivity contribution in [3.05, 3.63) is 0 Å². The number of carboxylic acids is 1. The van der Waals surface area contributed by atoms with Crippen LogP contribution in [0.25, 0.3) is 0 Å². The third-order valence-electron chi connectivity index (χ3n) is 1.58. The maximum Gasteiger partial charge on any atom is 0.337 e. The smallest absolute Gasteiger partial charge is 0.337 e. The Hall–Kier alpha value is -1.84. The molecule has 17 heavy (non-hydrogen) atoms. The number of nitrogens with one attached hydrogen (secondary N) is 2. The summed E-state index contributed by atoms with van der Waals surface area (Å²) in [6.07, 6.45) is -0.484. The molecule has 0 saturated heterocycles. The molecule has 1 aromatic rings. The average molecular weight is 264 g/mol. The van der Waals surface area contributed by atoms with Gasteiger partial charge in [-0.1, -0.05) is 0 Å². The van der Waals surface area contributed by atoms with Crippen LogP contribution in [-0.2, 0) is 14.8 Å². The molecule has 0 unspecified atom stereocenters. The van der Waals surface area contributed by atoms with Gasteiger partial charge < -0.3 is 9.84 Å². The fourth-order valence-electron chi connectivity index (χ4n) is 0.906. The lowest BCUT2D eigenvalue weighted by molar-refractivity contribution is -0.136. The molecular formula is C7H12N4O5S. The van der Waals surface area contributed by atoms with E-state index in [9.17, 15) is 13.2 Å². The SMILES string of the molecule is CCOc1n[nH]c(NS(=O)(=O)CCC(=O)O)n1. The van der Waals surface area contributed by atoms with Crippen LogP contribution in [0.3, 0.4) is 0 Å². The van der Waals surface area contributed by atoms with Gasteiger partial charge in [-0.15, -0.1) is 5.10 Å². The van der Waals surface area contributed by atoms with Gasteiger partial charge in [0.2, 0.25) is 16.0 Å². The van der Waals surface area contributed by atoms with E-state index in [0.29, 0.717) is 6.61 Å². The second kappa shape index (κ2) is 5.48. The molecule has 0 fully saturated rings. The summed E-state index contributed by atoms with van der Waals surface area (Å²) in [5, 5.41) is 14.3. The van der Waals surface area contributed by atoms with Gasteiger partial charge in [0, 0.05) is 0 Å². The molecule has 1 rings (SSSR count). The molecule has 0 aromatic carbocycles. The zero-order valence-electron chi connectivity index (χ0n) is 9.00. The number of ether oxygens (including phenoxy) is 1. The standard InChI is InChI=1S/C7H12N4O5S/c1-2-16-7-8-6(9-10-7)11-17(14,15)4-3-5(12)13/h2-4H2,1H3,(H,12,13)(H2,8,9,10,11). The van der Waals surface area contributed by atoms with E-state index in [-0.39, 0.29) is 12.0 Å². The Balaban J connectivity index is 2.59. The van der Waals surface area contributed by atoms with Crippen LogP contribution in [-0.4, -0.2) is 47.0 Å². The van der Waals surface area contributed by atoms with E-state index < -0.39 is 28.2 Å². The van der Waals surface area contributed by atoms with Gasteiger partial charge in [-0.3, -0.25) is 9.52 Å². The number of sulfonamides is 1. The largest absolute Gasteiger partial charge is 0.481 e. The van der Waals surface area contributed by atoms with Gasteiger partial charge in [-0.2, -0.15) is 4.98 Å². The molecule has 96 valence electrons.